The summed E-state index contributed by atoms with van der Waals surface area (Å²) in [7, 11) is 0. The van der Waals surface area contributed by atoms with Crippen molar-refractivity contribution in [2.45, 2.75) is 37.8 Å². The van der Waals surface area contributed by atoms with Crippen molar-refractivity contribution in [3.8, 4) is 5.75 Å². The Balaban J connectivity index is 0.00000200. The number of rotatable bonds is 5. The SMILES string of the molecule is Cl.N[C@H](c1ccccc1OC(F)(F)C(F)F)C1CCC1. The number of hydrogen-bond donors (Lipinski definition) is 1. The highest BCUT2D eigenvalue weighted by Crippen LogP contribution is 2.40. The molecule has 20 heavy (non-hydrogen) atoms. The van der Waals surface area contributed by atoms with E-state index >= 15 is 0 Å². The van der Waals surface area contributed by atoms with Gasteiger partial charge >= 0.3 is 12.5 Å². The predicted molar refractivity (Wildman–Crippen MR) is 69.5 cm³/mol. The molecule has 0 aromatic heterocycles. The van der Waals surface area contributed by atoms with Crippen molar-refractivity contribution in [1.82, 2.24) is 0 Å². The zero-order valence-electron chi connectivity index (χ0n) is 10.6. The zero-order chi connectivity index (χ0) is 14.0. The number of benzene rings is 1. The quantitative estimate of drug-likeness (QED) is 0.829. The van der Waals surface area contributed by atoms with Gasteiger partial charge in [-0.1, -0.05) is 24.6 Å². The van der Waals surface area contributed by atoms with Crippen LogP contribution in [0.5, 0.6) is 5.75 Å². The third-order valence-corrected chi connectivity index (χ3v) is 3.44. The second-order valence-corrected chi connectivity index (χ2v) is 4.72. The summed E-state index contributed by atoms with van der Waals surface area (Å²) >= 11 is 0. The van der Waals surface area contributed by atoms with E-state index in [1.54, 1.807) is 12.1 Å². The molecule has 2 N–H and O–H groups in total. The molecule has 1 saturated carbocycles. The monoisotopic (exact) mass is 313 g/mol. The van der Waals surface area contributed by atoms with Gasteiger partial charge in [-0.25, -0.2) is 0 Å². The number of para-hydroxylation sites is 1. The fourth-order valence-electron chi connectivity index (χ4n) is 2.09. The number of nitrogens with two attached hydrogens (primary N) is 1. The van der Waals surface area contributed by atoms with Gasteiger partial charge in [-0.05, 0) is 24.8 Å². The van der Waals surface area contributed by atoms with Crippen molar-refractivity contribution in [2.24, 2.45) is 11.7 Å². The Morgan fingerprint density at radius 2 is 1.80 bits per heavy atom. The summed E-state index contributed by atoms with van der Waals surface area (Å²) in [6.45, 7) is 0. The Kier molecular flexibility index (Phi) is 5.65. The first-order valence-corrected chi connectivity index (χ1v) is 6.11. The third-order valence-electron chi connectivity index (χ3n) is 3.44. The molecule has 114 valence electrons. The van der Waals surface area contributed by atoms with E-state index in [4.69, 9.17) is 5.73 Å². The van der Waals surface area contributed by atoms with Gasteiger partial charge < -0.3 is 10.5 Å². The molecule has 0 unspecified atom stereocenters. The molecule has 1 aromatic carbocycles. The maximum atomic E-state index is 13.0. The molecule has 1 aliphatic carbocycles. The second-order valence-electron chi connectivity index (χ2n) is 4.72. The average molecular weight is 314 g/mol. The van der Waals surface area contributed by atoms with Gasteiger partial charge in [0.05, 0.1) is 0 Å². The maximum absolute atomic E-state index is 13.0. The Morgan fingerprint density at radius 1 is 1.20 bits per heavy atom. The van der Waals surface area contributed by atoms with Crippen LogP contribution in [0.2, 0.25) is 0 Å². The van der Waals surface area contributed by atoms with E-state index in [0.717, 1.165) is 19.3 Å². The normalized spacial score (nSPS) is 17.3. The van der Waals surface area contributed by atoms with Crippen LogP contribution in [0.4, 0.5) is 17.6 Å². The van der Waals surface area contributed by atoms with Gasteiger partial charge in [0.25, 0.3) is 0 Å². The summed E-state index contributed by atoms with van der Waals surface area (Å²) in [5.74, 6) is -0.0721. The van der Waals surface area contributed by atoms with Gasteiger partial charge in [0.15, 0.2) is 0 Å². The van der Waals surface area contributed by atoms with Crippen LogP contribution >= 0.6 is 12.4 Å². The maximum Gasteiger partial charge on any atom is 0.461 e. The molecule has 1 atom stereocenters. The third kappa shape index (κ3) is 3.55. The minimum atomic E-state index is -4.50. The highest BCUT2D eigenvalue weighted by atomic mass is 35.5. The molecule has 0 bridgehead atoms. The van der Waals surface area contributed by atoms with Crippen molar-refractivity contribution in [3.05, 3.63) is 29.8 Å². The average Bonchev–Trinajstić information content (AvgIpc) is 2.26. The van der Waals surface area contributed by atoms with E-state index in [0.29, 0.717) is 5.56 Å². The first-order valence-electron chi connectivity index (χ1n) is 6.11. The standard InChI is InChI=1S/C13H15F4NO.ClH/c14-12(15)13(16,17)19-10-7-2-1-6-9(10)11(18)8-4-3-5-8;/h1-2,6-8,11-12H,3-5,18H2;1H/t11-;/m0./s1. The van der Waals surface area contributed by atoms with E-state index in [1.807, 2.05) is 0 Å². The molecule has 7 heteroatoms. The topological polar surface area (TPSA) is 35.2 Å². The predicted octanol–water partition coefficient (Wildman–Crippen LogP) is 4.15. The van der Waals surface area contributed by atoms with Crippen LogP contribution in [-0.4, -0.2) is 12.5 Å². The van der Waals surface area contributed by atoms with Crippen LogP contribution < -0.4 is 10.5 Å². The first kappa shape index (κ1) is 17.0. The molecule has 0 saturated heterocycles. The van der Waals surface area contributed by atoms with Crippen LogP contribution in [0.3, 0.4) is 0 Å². The summed E-state index contributed by atoms with van der Waals surface area (Å²) in [6, 6.07) is 5.40. The fraction of sp³-hybridized carbons (Fsp3) is 0.538. The Labute approximate surface area is 120 Å². The fourth-order valence-corrected chi connectivity index (χ4v) is 2.09. The second kappa shape index (κ2) is 6.63. The summed E-state index contributed by atoms with van der Waals surface area (Å²) in [4.78, 5) is 0. The van der Waals surface area contributed by atoms with Crippen molar-refractivity contribution in [1.29, 1.82) is 0 Å². The number of ether oxygens (including phenoxy) is 1. The molecular formula is C13H16ClF4NO. The van der Waals surface area contributed by atoms with Gasteiger partial charge in [0.2, 0.25) is 0 Å². The summed E-state index contributed by atoms with van der Waals surface area (Å²) in [5.41, 5.74) is 6.34. The van der Waals surface area contributed by atoms with Crippen molar-refractivity contribution >= 4 is 12.4 Å². The molecule has 1 aliphatic rings. The number of halogens is 5. The summed E-state index contributed by atoms with van der Waals surface area (Å²) < 4.78 is 54.4. The molecule has 0 aliphatic heterocycles. The van der Waals surface area contributed by atoms with E-state index in [2.05, 4.69) is 4.74 Å². The first-order chi connectivity index (χ1) is 8.92. The zero-order valence-corrected chi connectivity index (χ0v) is 11.4. The van der Waals surface area contributed by atoms with Gasteiger partial charge in [-0.15, -0.1) is 12.4 Å². The van der Waals surface area contributed by atoms with Crippen molar-refractivity contribution in [2.75, 3.05) is 0 Å². The molecule has 0 spiro atoms. The lowest BCUT2D eigenvalue weighted by Crippen LogP contribution is -2.35. The van der Waals surface area contributed by atoms with Gasteiger partial charge in [0.1, 0.15) is 5.75 Å². The van der Waals surface area contributed by atoms with Gasteiger partial charge in [0, 0.05) is 11.6 Å². The highest BCUT2D eigenvalue weighted by molar-refractivity contribution is 5.85. The van der Waals surface area contributed by atoms with Gasteiger partial charge in [-0.2, -0.15) is 17.6 Å². The summed E-state index contributed by atoms with van der Waals surface area (Å²) in [6.07, 6.45) is -5.49. The molecular weight excluding hydrogens is 298 g/mol. The molecule has 0 amide bonds. The van der Waals surface area contributed by atoms with Crippen LogP contribution in [0, 0.1) is 5.92 Å². The summed E-state index contributed by atoms with van der Waals surface area (Å²) in [5, 5.41) is 0. The smallest absolute Gasteiger partial charge is 0.428 e. The Hall–Kier alpha value is -1.01. The van der Waals surface area contributed by atoms with Crippen LogP contribution in [-0.2, 0) is 0 Å². The molecule has 1 aromatic rings. The van der Waals surface area contributed by atoms with E-state index in [-0.39, 0.29) is 24.1 Å². The molecule has 2 rings (SSSR count). The van der Waals surface area contributed by atoms with Crippen LogP contribution in [0.1, 0.15) is 30.9 Å². The van der Waals surface area contributed by atoms with E-state index < -0.39 is 18.6 Å². The Morgan fingerprint density at radius 3 is 2.30 bits per heavy atom. The highest BCUT2D eigenvalue weighted by Gasteiger charge is 2.44. The molecule has 0 heterocycles. The lowest BCUT2D eigenvalue weighted by Gasteiger charge is -2.32. The molecule has 1 fully saturated rings. The number of alkyl halides is 4. The van der Waals surface area contributed by atoms with Crippen LogP contribution in [0.15, 0.2) is 24.3 Å². The van der Waals surface area contributed by atoms with E-state index in [9.17, 15) is 17.6 Å². The van der Waals surface area contributed by atoms with Crippen molar-refractivity contribution in [3.63, 3.8) is 0 Å². The lowest BCUT2D eigenvalue weighted by atomic mass is 9.77. The molecule has 0 radical (unpaired) electrons. The van der Waals surface area contributed by atoms with E-state index in [1.165, 1.54) is 12.1 Å². The van der Waals surface area contributed by atoms with Crippen molar-refractivity contribution < 1.29 is 22.3 Å². The largest absolute Gasteiger partial charge is 0.461 e. The van der Waals surface area contributed by atoms with Gasteiger partial charge in [-0.3, -0.25) is 0 Å². The minimum absolute atomic E-state index is 0. The lowest BCUT2D eigenvalue weighted by molar-refractivity contribution is -0.253. The molecule has 2 nitrogen and oxygen atoms in total. The number of hydrogen-bond acceptors (Lipinski definition) is 2. The van der Waals surface area contributed by atoms with Crippen LogP contribution in [0.25, 0.3) is 0 Å². The minimum Gasteiger partial charge on any atom is -0.428 e. The Bertz CT molecular complexity index is 440.